The van der Waals surface area contributed by atoms with Crippen LogP contribution in [-0.2, 0) is 6.54 Å². The largest absolute Gasteiger partial charge is 0.326 e. The smallest absolute Gasteiger partial charge is 0.127 e. The third-order valence-electron chi connectivity index (χ3n) is 4.20. The summed E-state index contributed by atoms with van der Waals surface area (Å²) in [5.74, 6) is 2.84. The molecule has 1 heterocycles. The van der Waals surface area contributed by atoms with E-state index in [1.165, 1.54) is 0 Å². The zero-order valence-electron chi connectivity index (χ0n) is 13.4. The fraction of sp³-hybridized carbons (Fsp3) is 0.588. The molecule has 0 radical (unpaired) electrons. The van der Waals surface area contributed by atoms with Crippen LogP contribution in [0.15, 0.2) is 22.7 Å². The summed E-state index contributed by atoms with van der Waals surface area (Å²) in [6.07, 6.45) is 0. The lowest BCUT2D eigenvalue weighted by Gasteiger charge is -2.26. The maximum atomic E-state index is 6.37. The van der Waals surface area contributed by atoms with Crippen LogP contribution in [-0.4, -0.2) is 9.55 Å². The molecule has 1 unspecified atom stereocenters. The lowest BCUT2D eigenvalue weighted by atomic mass is 9.85. The fourth-order valence-corrected chi connectivity index (χ4v) is 3.53. The van der Waals surface area contributed by atoms with Crippen molar-refractivity contribution in [2.45, 2.75) is 46.5 Å². The number of nitrogens with zero attached hydrogens (tertiary/aromatic N) is 2. The fourth-order valence-electron chi connectivity index (χ4n) is 3.01. The highest BCUT2D eigenvalue weighted by atomic mass is 79.9. The zero-order chi connectivity index (χ0) is 15.7. The molecule has 0 fully saturated rings. The molecule has 2 nitrogen and oxygen atoms in total. The van der Waals surface area contributed by atoms with Gasteiger partial charge in [-0.3, -0.25) is 0 Å². The predicted molar refractivity (Wildman–Crippen MR) is 94.9 cm³/mol. The van der Waals surface area contributed by atoms with Gasteiger partial charge in [0, 0.05) is 11.0 Å². The van der Waals surface area contributed by atoms with Crippen LogP contribution in [0.25, 0.3) is 11.0 Å². The highest BCUT2D eigenvalue weighted by molar-refractivity contribution is 9.10. The maximum Gasteiger partial charge on any atom is 0.127 e. The average molecular weight is 372 g/mol. The zero-order valence-corrected chi connectivity index (χ0v) is 15.7. The molecule has 1 atom stereocenters. The minimum absolute atomic E-state index is 0.0869. The van der Waals surface area contributed by atoms with Crippen LogP contribution in [0.4, 0.5) is 0 Å². The summed E-state index contributed by atoms with van der Waals surface area (Å²) in [7, 11) is 0. The van der Waals surface area contributed by atoms with Crippen LogP contribution in [0.3, 0.4) is 0 Å². The first-order chi connectivity index (χ1) is 9.81. The monoisotopic (exact) mass is 370 g/mol. The van der Waals surface area contributed by atoms with E-state index in [1.54, 1.807) is 0 Å². The van der Waals surface area contributed by atoms with Crippen LogP contribution in [0.1, 0.15) is 45.8 Å². The summed E-state index contributed by atoms with van der Waals surface area (Å²) in [6, 6.07) is 6.23. The van der Waals surface area contributed by atoms with Crippen molar-refractivity contribution in [1.29, 1.82) is 0 Å². The number of hydrogen-bond acceptors (Lipinski definition) is 1. The number of benzene rings is 1. The minimum Gasteiger partial charge on any atom is -0.326 e. The Hall–Kier alpha value is -0.540. The van der Waals surface area contributed by atoms with Crippen molar-refractivity contribution in [2.24, 2.45) is 17.8 Å². The first kappa shape index (κ1) is 16.8. The second kappa shape index (κ2) is 6.70. The number of halogens is 2. The molecule has 0 spiro atoms. The van der Waals surface area contributed by atoms with E-state index < -0.39 is 0 Å². The Morgan fingerprint density at radius 2 is 1.76 bits per heavy atom. The van der Waals surface area contributed by atoms with Crippen LogP contribution in [0.5, 0.6) is 0 Å². The van der Waals surface area contributed by atoms with E-state index in [0.29, 0.717) is 17.8 Å². The number of aromatic nitrogens is 2. The van der Waals surface area contributed by atoms with E-state index in [9.17, 15) is 0 Å². The third kappa shape index (κ3) is 3.62. The quantitative estimate of drug-likeness (QED) is 0.587. The predicted octanol–water partition coefficient (Wildman–Crippen LogP) is 6.03. The van der Waals surface area contributed by atoms with E-state index >= 15 is 0 Å². The second-order valence-electron chi connectivity index (χ2n) is 6.48. The molecule has 0 saturated heterocycles. The van der Waals surface area contributed by atoms with Gasteiger partial charge in [-0.1, -0.05) is 43.6 Å². The summed E-state index contributed by atoms with van der Waals surface area (Å²) in [5.41, 5.74) is 2.19. The molecule has 0 saturated carbocycles. The van der Waals surface area contributed by atoms with Crippen LogP contribution in [0.2, 0.25) is 0 Å². The molecule has 0 bridgehead atoms. The van der Waals surface area contributed by atoms with Gasteiger partial charge >= 0.3 is 0 Å². The standard InChI is InChI=1S/C17H24BrClN2/c1-10(2)14(11(3)4)9-21-16-8-13(18)6-7-15(16)20-17(21)12(5)19/h6-8,10-12,14H,9H2,1-5H3. The molecule has 0 aliphatic carbocycles. The van der Waals surface area contributed by atoms with E-state index in [-0.39, 0.29) is 5.38 Å². The highest BCUT2D eigenvalue weighted by Gasteiger charge is 2.22. The van der Waals surface area contributed by atoms with Gasteiger partial charge in [-0.25, -0.2) is 4.98 Å². The molecular formula is C17H24BrClN2. The molecule has 0 amide bonds. The van der Waals surface area contributed by atoms with Crippen LogP contribution in [0, 0.1) is 17.8 Å². The van der Waals surface area contributed by atoms with Gasteiger partial charge in [-0.2, -0.15) is 0 Å². The van der Waals surface area contributed by atoms with Gasteiger partial charge < -0.3 is 4.57 Å². The Labute approximate surface area is 141 Å². The Bertz CT molecular complexity index is 609. The summed E-state index contributed by atoms with van der Waals surface area (Å²) in [5, 5.41) is -0.0869. The summed E-state index contributed by atoms with van der Waals surface area (Å²) < 4.78 is 3.39. The Balaban J connectivity index is 2.54. The molecule has 0 aliphatic heterocycles. The molecule has 21 heavy (non-hydrogen) atoms. The van der Waals surface area contributed by atoms with Crippen LogP contribution >= 0.6 is 27.5 Å². The van der Waals surface area contributed by atoms with E-state index in [4.69, 9.17) is 16.6 Å². The van der Waals surface area contributed by atoms with Crippen molar-refractivity contribution in [2.75, 3.05) is 0 Å². The molecular weight excluding hydrogens is 348 g/mol. The van der Waals surface area contributed by atoms with Crippen LogP contribution < -0.4 is 0 Å². The Kier molecular flexibility index (Phi) is 5.37. The van der Waals surface area contributed by atoms with Gasteiger partial charge in [0.1, 0.15) is 5.82 Å². The topological polar surface area (TPSA) is 17.8 Å². The molecule has 0 aliphatic rings. The minimum atomic E-state index is -0.0869. The SMILES string of the molecule is CC(Cl)c1nc2ccc(Br)cc2n1CC(C(C)C)C(C)C. The third-order valence-corrected chi connectivity index (χ3v) is 4.89. The molecule has 1 aromatic heterocycles. The van der Waals surface area contributed by atoms with E-state index in [1.807, 2.05) is 13.0 Å². The number of hydrogen-bond donors (Lipinski definition) is 0. The van der Waals surface area contributed by atoms with Gasteiger partial charge in [-0.15, -0.1) is 11.6 Å². The highest BCUT2D eigenvalue weighted by Crippen LogP contribution is 2.30. The molecule has 2 aromatic rings. The number of fused-ring (bicyclic) bond motifs is 1. The van der Waals surface area contributed by atoms with Gasteiger partial charge in [0.15, 0.2) is 0 Å². The van der Waals surface area contributed by atoms with Gasteiger partial charge in [0.05, 0.1) is 16.4 Å². The van der Waals surface area contributed by atoms with Crippen molar-refractivity contribution in [3.8, 4) is 0 Å². The van der Waals surface area contributed by atoms with E-state index in [2.05, 4.69) is 60.3 Å². The number of imidazole rings is 1. The van der Waals surface area contributed by atoms with Gasteiger partial charge in [0.2, 0.25) is 0 Å². The Morgan fingerprint density at radius 1 is 1.14 bits per heavy atom. The van der Waals surface area contributed by atoms with E-state index in [0.717, 1.165) is 27.9 Å². The molecule has 0 N–H and O–H groups in total. The summed E-state index contributed by atoms with van der Waals surface area (Å²) in [4.78, 5) is 4.74. The molecule has 4 heteroatoms. The summed E-state index contributed by atoms with van der Waals surface area (Å²) in [6.45, 7) is 12.1. The molecule has 116 valence electrons. The second-order valence-corrected chi connectivity index (χ2v) is 8.05. The Morgan fingerprint density at radius 3 is 2.29 bits per heavy atom. The van der Waals surface area contributed by atoms with Crippen molar-refractivity contribution in [3.05, 3.63) is 28.5 Å². The number of alkyl halides is 1. The summed E-state index contributed by atoms with van der Waals surface area (Å²) >= 11 is 9.93. The molecule has 2 rings (SSSR count). The normalized spacial score (nSPS) is 13.8. The molecule has 1 aromatic carbocycles. The van der Waals surface area contributed by atoms with Crippen molar-refractivity contribution in [3.63, 3.8) is 0 Å². The van der Waals surface area contributed by atoms with Crippen molar-refractivity contribution < 1.29 is 0 Å². The average Bonchev–Trinajstić information content (AvgIpc) is 2.73. The van der Waals surface area contributed by atoms with Crippen molar-refractivity contribution >= 4 is 38.6 Å². The lowest BCUT2D eigenvalue weighted by molar-refractivity contribution is 0.252. The first-order valence-electron chi connectivity index (χ1n) is 7.61. The number of rotatable bonds is 5. The van der Waals surface area contributed by atoms with Gasteiger partial charge in [-0.05, 0) is 42.9 Å². The first-order valence-corrected chi connectivity index (χ1v) is 8.84. The maximum absolute atomic E-state index is 6.37. The van der Waals surface area contributed by atoms with Crippen molar-refractivity contribution in [1.82, 2.24) is 9.55 Å². The van der Waals surface area contributed by atoms with Gasteiger partial charge in [0.25, 0.3) is 0 Å². The lowest BCUT2D eigenvalue weighted by Crippen LogP contribution is -2.23.